The molecule has 3 aromatic carbocycles. The topological polar surface area (TPSA) is 57.5 Å². The lowest BCUT2D eigenvalue weighted by Crippen LogP contribution is -2.10. The Morgan fingerprint density at radius 1 is 0.850 bits per heavy atom. The molecule has 4 rings (SSSR count). The predicted octanol–water partition coefficient (Wildman–Crippen LogP) is 8.31. The number of ketones is 1. The quantitative estimate of drug-likeness (QED) is 0.127. The molecule has 1 heterocycles. The SMILES string of the molecule is CCOC(=O)CCCn1cc(C(=O)C(C)c2ccc(OC(C)c3ccc(CC(C)C)cc3)cc2)c2ccccc21. The van der Waals surface area contributed by atoms with Crippen LogP contribution >= 0.6 is 0 Å². The van der Waals surface area contributed by atoms with Crippen molar-refractivity contribution in [3.05, 3.63) is 101 Å². The van der Waals surface area contributed by atoms with E-state index in [0.717, 1.165) is 34.2 Å². The van der Waals surface area contributed by atoms with Gasteiger partial charge in [-0.25, -0.2) is 0 Å². The van der Waals surface area contributed by atoms with Crippen LogP contribution in [0.15, 0.2) is 79.0 Å². The molecule has 2 atom stereocenters. The second-order valence-electron chi connectivity index (χ2n) is 10.9. The van der Waals surface area contributed by atoms with Gasteiger partial charge in [0.05, 0.1) is 6.61 Å². The van der Waals surface area contributed by atoms with Gasteiger partial charge < -0.3 is 14.0 Å². The van der Waals surface area contributed by atoms with E-state index < -0.39 is 0 Å². The van der Waals surface area contributed by atoms with E-state index in [1.807, 2.05) is 68.6 Å². The van der Waals surface area contributed by atoms with Gasteiger partial charge in [-0.15, -0.1) is 0 Å². The maximum atomic E-state index is 13.7. The highest BCUT2D eigenvalue weighted by Crippen LogP contribution is 2.30. The van der Waals surface area contributed by atoms with Crippen molar-refractivity contribution in [2.75, 3.05) is 6.61 Å². The third-order valence-electron chi connectivity index (χ3n) is 7.32. The number of nitrogens with zero attached hydrogens (tertiary/aromatic N) is 1. The van der Waals surface area contributed by atoms with E-state index in [4.69, 9.17) is 9.47 Å². The normalized spacial score (nSPS) is 12.8. The number of hydrogen-bond acceptors (Lipinski definition) is 4. The van der Waals surface area contributed by atoms with Crippen molar-refractivity contribution in [2.24, 2.45) is 5.92 Å². The smallest absolute Gasteiger partial charge is 0.305 e. The van der Waals surface area contributed by atoms with Crippen molar-refractivity contribution in [1.29, 1.82) is 0 Å². The lowest BCUT2D eigenvalue weighted by Gasteiger charge is -2.17. The molecule has 0 aliphatic heterocycles. The Kier molecular flexibility index (Phi) is 9.81. The number of ether oxygens (including phenoxy) is 2. The molecule has 4 aromatic rings. The van der Waals surface area contributed by atoms with E-state index in [1.54, 1.807) is 0 Å². The van der Waals surface area contributed by atoms with Crippen LogP contribution in [-0.2, 0) is 22.5 Å². The maximum absolute atomic E-state index is 13.7. The minimum absolute atomic E-state index is 0.0730. The van der Waals surface area contributed by atoms with Crippen LogP contribution in [0.5, 0.6) is 5.75 Å². The van der Waals surface area contributed by atoms with Crippen molar-refractivity contribution in [3.63, 3.8) is 0 Å². The number of Topliss-reactive ketones (excluding diaryl/α,β-unsaturated/α-hetero) is 1. The molecule has 0 amide bonds. The van der Waals surface area contributed by atoms with Gasteiger partial charge in [-0.3, -0.25) is 9.59 Å². The van der Waals surface area contributed by atoms with E-state index in [-0.39, 0.29) is 23.8 Å². The van der Waals surface area contributed by atoms with E-state index in [2.05, 4.69) is 49.6 Å². The van der Waals surface area contributed by atoms with Crippen molar-refractivity contribution < 1.29 is 19.1 Å². The van der Waals surface area contributed by atoms with Crippen LogP contribution in [0.1, 0.15) is 86.5 Å². The molecule has 0 radical (unpaired) electrons. The number of esters is 1. The summed E-state index contributed by atoms with van der Waals surface area (Å²) in [6.07, 6.45) is 3.94. The average Bonchev–Trinajstić information content (AvgIpc) is 3.31. The number of carbonyl (C=O) groups excluding carboxylic acids is 2. The lowest BCUT2D eigenvalue weighted by molar-refractivity contribution is -0.143. The number of aryl methyl sites for hydroxylation is 1. The van der Waals surface area contributed by atoms with Gasteiger partial charge >= 0.3 is 5.97 Å². The summed E-state index contributed by atoms with van der Waals surface area (Å²) in [5.74, 6) is 0.988. The minimum Gasteiger partial charge on any atom is -0.486 e. The number of aromatic nitrogens is 1. The Labute approximate surface area is 238 Å². The Hall–Kier alpha value is -3.86. The molecule has 0 bridgehead atoms. The molecule has 5 nitrogen and oxygen atoms in total. The number of hydrogen-bond donors (Lipinski definition) is 0. The lowest BCUT2D eigenvalue weighted by atomic mass is 9.92. The average molecular weight is 540 g/mol. The summed E-state index contributed by atoms with van der Waals surface area (Å²) in [5.41, 5.74) is 5.13. The molecule has 0 spiro atoms. The fourth-order valence-corrected chi connectivity index (χ4v) is 5.14. The summed E-state index contributed by atoms with van der Waals surface area (Å²) >= 11 is 0. The first-order chi connectivity index (χ1) is 19.3. The van der Waals surface area contributed by atoms with E-state index >= 15 is 0 Å². The second kappa shape index (κ2) is 13.5. The number of para-hydroxylation sites is 1. The van der Waals surface area contributed by atoms with Crippen molar-refractivity contribution >= 4 is 22.7 Å². The molecule has 0 saturated carbocycles. The van der Waals surface area contributed by atoms with E-state index in [1.165, 1.54) is 5.56 Å². The molecule has 1 aromatic heterocycles. The molecule has 0 aliphatic carbocycles. The summed E-state index contributed by atoms with van der Waals surface area (Å²) in [4.78, 5) is 25.4. The number of benzene rings is 3. The van der Waals surface area contributed by atoms with Crippen LogP contribution in [0.3, 0.4) is 0 Å². The first-order valence-corrected chi connectivity index (χ1v) is 14.4. The summed E-state index contributed by atoms with van der Waals surface area (Å²) in [6.45, 7) is 11.3. The Morgan fingerprint density at radius 2 is 1.52 bits per heavy atom. The van der Waals surface area contributed by atoms with Crippen LogP contribution in [0, 0.1) is 5.92 Å². The van der Waals surface area contributed by atoms with Gasteiger partial charge in [-0.1, -0.05) is 75.4 Å². The van der Waals surface area contributed by atoms with Crippen molar-refractivity contribution in [2.45, 2.75) is 72.4 Å². The summed E-state index contributed by atoms with van der Waals surface area (Å²) in [7, 11) is 0. The molecule has 2 unspecified atom stereocenters. The number of fused-ring (bicyclic) bond motifs is 1. The molecule has 210 valence electrons. The molecular formula is C35H41NO4. The van der Waals surface area contributed by atoms with Gasteiger partial charge in [0.25, 0.3) is 0 Å². The van der Waals surface area contributed by atoms with Gasteiger partial charge in [-0.2, -0.15) is 0 Å². The van der Waals surface area contributed by atoms with Crippen molar-refractivity contribution in [1.82, 2.24) is 4.57 Å². The van der Waals surface area contributed by atoms with Crippen LogP contribution in [-0.4, -0.2) is 22.9 Å². The molecule has 0 fully saturated rings. The molecule has 0 N–H and O–H groups in total. The fourth-order valence-electron chi connectivity index (χ4n) is 5.14. The summed E-state index contributed by atoms with van der Waals surface area (Å²) < 4.78 is 13.3. The molecular weight excluding hydrogens is 498 g/mol. The molecule has 40 heavy (non-hydrogen) atoms. The standard InChI is InChI=1S/C35H41NO4/c1-6-39-34(37)12-9-21-36-23-32(31-10-7-8-11-33(31)36)35(38)25(4)28-17-19-30(20-18-28)40-26(5)29-15-13-27(14-16-29)22-24(2)3/h7-8,10-11,13-20,23-26H,6,9,12,21-22H2,1-5H3. The Balaban J connectivity index is 1.43. The van der Waals surface area contributed by atoms with Gasteiger partial charge in [0, 0.05) is 41.5 Å². The third-order valence-corrected chi connectivity index (χ3v) is 7.32. The van der Waals surface area contributed by atoms with E-state index in [9.17, 15) is 9.59 Å². The van der Waals surface area contributed by atoms with Gasteiger partial charge in [0.15, 0.2) is 5.78 Å². The monoisotopic (exact) mass is 539 g/mol. The largest absolute Gasteiger partial charge is 0.486 e. The highest BCUT2D eigenvalue weighted by Gasteiger charge is 2.22. The molecule has 0 aliphatic rings. The van der Waals surface area contributed by atoms with Crippen LogP contribution in [0.2, 0.25) is 0 Å². The fraction of sp³-hybridized carbons (Fsp3) is 0.371. The second-order valence-corrected chi connectivity index (χ2v) is 10.9. The molecule has 5 heteroatoms. The third kappa shape index (κ3) is 7.20. The zero-order valence-electron chi connectivity index (χ0n) is 24.4. The first-order valence-electron chi connectivity index (χ1n) is 14.4. The highest BCUT2D eigenvalue weighted by atomic mass is 16.5. The van der Waals surface area contributed by atoms with Gasteiger partial charge in [0.2, 0.25) is 0 Å². The summed E-state index contributed by atoms with van der Waals surface area (Å²) in [5, 5.41) is 0.934. The number of rotatable bonds is 13. The Bertz CT molecular complexity index is 1420. The van der Waals surface area contributed by atoms with Gasteiger partial charge in [-0.05, 0) is 67.5 Å². The first kappa shape index (κ1) is 29.1. The molecule has 0 saturated heterocycles. The van der Waals surface area contributed by atoms with Crippen molar-refractivity contribution in [3.8, 4) is 5.75 Å². The predicted molar refractivity (Wildman–Crippen MR) is 161 cm³/mol. The van der Waals surface area contributed by atoms with Crippen LogP contribution < -0.4 is 4.74 Å². The minimum atomic E-state index is -0.307. The van der Waals surface area contributed by atoms with E-state index in [0.29, 0.717) is 37.5 Å². The summed E-state index contributed by atoms with van der Waals surface area (Å²) in [6, 6.07) is 24.4. The zero-order chi connectivity index (χ0) is 28.6. The van der Waals surface area contributed by atoms with Crippen LogP contribution in [0.4, 0.5) is 0 Å². The van der Waals surface area contributed by atoms with Gasteiger partial charge in [0.1, 0.15) is 11.9 Å². The highest BCUT2D eigenvalue weighted by molar-refractivity contribution is 6.10. The number of carbonyl (C=O) groups is 2. The van der Waals surface area contributed by atoms with Crippen LogP contribution in [0.25, 0.3) is 10.9 Å². The maximum Gasteiger partial charge on any atom is 0.305 e. The zero-order valence-corrected chi connectivity index (χ0v) is 24.4. The Morgan fingerprint density at radius 3 is 2.20 bits per heavy atom.